The van der Waals surface area contributed by atoms with Crippen LogP contribution in [-0.2, 0) is 5.41 Å². The number of fused-ring (bicyclic) bond motifs is 11. The largest absolute Gasteiger partial charge is 0.311 e. The third-order valence-corrected chi connectivity index (χ3v) is 28.1. The molecule has 378 valence electrons. The molecule has 12 aromatic rings. The van der Waals surface area contributed by atoms with Crippen LogP contribution < -0.4 is 67.7 Å². The summed E-state index contributed by atoms with van der Waals surface area (Å²) in [5.74, 6) is 0. The first-order valence-electron chi connectivity index (χ1n) is 28.4. The highest BCUT2D eigenvalue weighted by Crippen LogP contribution is 2.47. The van der Waals surface area contributed by atoms with Crippen LogP contribution in [0.2, 0.25) is 0 Å². The zero-order valence-electron chi connectivity index (χ0n) is 45.5. The van der Waals surface area contributed by atoms with Crippen molar-refractivity contribution in [3.8, 4) is 22.3 Å². The van der Waals surface area contributed by atoms with Crippen molar-refractivity contribution < 1.29 is 0 Å². The van der Waals surface area contributed by atoms with E-state index >= 15 is 0 Å². The minimum Gasteiger partial charge on any atom is -0.311 e. The van der Waals surface area contributed by atoms with E-state index in [-0.39, 0.29) is 12.1 Å². The molecule has 0 N–H and O–H groups in total. The van der Waals surface area contributed by atoms with Gasteiger partial charge in [-0.25, -0.2) is 0 Å². The van der Waals surface area contributed by atoms with Gasteiger partial charge in [0.15, 0.2) is 16.1 Å². The Kier molecular flexibility index (Phi) is 10.3. The molecule has 0 spiro atoms. The lowest BCUT2D eigenvalue weighted by atomic mass is 9.33. The van der Waals surface area contributed by atoms with Crippen molar-refractivity contribution in [1.82, 2.24) is 0 Å². The molecule has 0 aromatic heterocycles. The summed E-state index contributed by atoms with van der Waals surface area (Å²) in [5, 5.41) is 13.9. The van der Waals surface area contributed by atoms with Crippen molar-refractivity contribution in [2.75, 3.05) is 9.80 Å². The molecular formula is C75H57BN2Si2. The molecule has 80 heavy (non-hydrogen) atoms. The Morgan fingerprint density at radius 1 is 0.325 bits per heavy atom. The van der Waals surface area contributed by atoms with Crippen LogP contribution >= 0.6 is 0 Å². The van der Waals surface area contributed by atoms with Gasteiger partial charge in [0.25, 0.3) is 6.71 Å². The fourth-order valence-electron chi connectivity index (χ4n) is 15.0. The van der Waals surface area contributed by atoms with Crippen LogP contribution in [0.25, 0.3) is 33.0 Å². The number of hydrogen-bond acceptors (Lipinski definition) is 2. The number of rotatable bonds is 6. The first-order chi connectivity index (χ1) is 39.2. The summed E-state index contributed by atoms with van der Waals surface area (Å²) >= 11 is 0. The van der Waals surface area contributed by atoms with E-state index in [4.69, 9.17) is 0 Å². The maximum absolute atomic E-state index is 2.83. The average molecular weight is 1050 g/mol. The van der Waals surface area contributed by atoms with E-state index < -0.39 is 16.1 Å². The normalized spacial score (nSPS) is 14.6. The molecule has 0 saturated heterocycles. The van der Waals surface area contributed by atoms with E-state index in [0.29, 0.717) is 0 Å². The Labute approximate surface area is 472 Å². The van der Waals surface area contributed by atoms with E-state index in [9.17, 15) is 0 Å². The summed E-state index contributed by atoms with van der Waals surface area (Å²) in [6.07, 6.45) is 0. The maximum Gasteiger partial charge on any atom is 0.252 e. The lowest BCUT2D eigenvalue weighted by Gasteiger charge is -2.45. The first kappa shape index (κ1) is 47.0. The highest BCUT2D eigenvalue weighted by Gasteiger charge is 2.52. The standard InChI is InChI=1S/C75H57BN2Si2/c1-50-43-68-74-69(44-50)78(55-39-41-63-61-34-20-22-36-71(61)80(73(63)49-55,58-29-13-7-14-30-58)59-31-15-8-16-32-59)67-46-52-24-18-17-23-51(52)45-64(67)76(74)65-47-53(75(2,3)4)37-42-66(65)77(68)54-38-40-62-60-33-19-21-35-70(60)79(72(62)48-54,56-25-9-5-10-26-56)57-27-11-6-12-28-57/h5-49H,1-4H3. The molecule has 0 amide bonds. The van der Waals surface area contributed by atoms with Crippen molar-refractivity contribution >= 4 is 126 Å². The molecule has 0 unspecified atom stereocenters. The van der Waals surface area contributed by atoms with Crippen LogP contribution in [0.4, 0.5) is 34.1 Å². The van der Waals surface area contributed by atoms with Crippen molar-refractivity contribution in [2.45, 2.75) is 33.1 Å². The zero-order valence-corrected chi connectivity index (χ0v) is 47.5. The predicted octanol–water partition coefficient (Wildman–Crippen LogP) is 11.2. The van der Waals surface area contributed by atoms with Gasteiger partial charge in [0.1, 0.15) is 0 Å². The van der Waals surface area contributed by atoms with E-state index in [2.05, 4.69) is 310 Å². The topological polar surface area (TPSA) is 6.48 Å². The monoisotopic (exact) mass is 1050 g/mol. The molecule has 16 rings (SSSR count). The highest BCUT2D eigenvalue weighted by molar-refractivity contribution is 7.23. The highest BCUT2D eigenvalue weighted by atomic mass is 28.3. The second-order valence-corrected chi connectivity index (χ2v) is 31.1. The summed E-state index contributed by atoms with van der Waals surface area (Å²) in [6.45, 7) is 9.35. The zero-order chi connectivity index (χ0) is 53.5. The van der Waals surface area contributed by atoms with E-state index in [1.165, 1.54) is 136 Å². The molecule has 0 fully saturated rings. The Bertz CT molecular complexity index is 4420. The maximum atomic E-state index is 2.65. The second kappa shape index (κ2) is 17.5. The van der Waals surface area contributed by atoms with Crippen LogP contribution in [-0.4, -0.2) is 22.9 Å². The molecule has 5 heteroatoms. The number of anilines is 6. The fraction of sp³-hybridized carbons (Fsp3) is 0.0667. The van der Waals surface area contributed by atoms with Crippen molar-refractivity contribution in [2.24, 2.45) is 0 Å². The van der Waals surface area contributed by atoms with Crippen LogP contribution in [0.1, 0.15) is 31.9 Å². The fourth-order valence-corrected chi connectivity index (χ4v) is 25.4. The molecule has 0 saturated carbocycles. The van der Waals surface area contributed by atoms with Crippen LogP contribution in [0, 0.1) is 6.92 Å². The Morgan fingerprint density at radius 2 is 0.725 bits per heavy atom. The Morgan fingerprint density at radius 3 is 1.20 bits per heavy atom. The first-order valence-corrected chi connectivity index (χ1v) is 32.4. The summed E-state index contributed by atoms with van der Waals surface area (Å²) in [4.78, 5) is 5.30. The SMILES string of the molecule is Cc1cc2c3c(c1)N(c1ccc4c(c1)[Si](c1ccccc1)(c1ccccc1)c1ccccc1-4)c1cc4ccccc4cc1B3c1cc(C(C)(C)C)ccc1N2c1ccc2c(c1)[Si](c1ccccc1)(c1ccccc1)c1ccccc1-2. The summed E-state index contributed by atoms with van der Waals surface area (Å²) in [5.41, 5.74) is 19.2. The van der Waals surface area contributed by atoms with Gasteiger partial charge in [0.2, 0.25) is 0 Å². The van der Waals surface area contributed by atoms with Gasteiger partial charge < -0.3 is 9.80 Å². The van der Waals surface area contributed by atoms with Crippen molar-refractivity contribution in [1.29, 1.82) is 0 Å². The van der Waals surface area contributed by atoms with Crippen molar-refractivity contribution in [3.63, 3.8) is 0 Å². The molecule has 0 aliphatic carbocycles. The lowest BCUT2D eigenvalue weighted by Crippen LogP contribution is -2.72. The van der Waals surface area contributed by atoms with Gasteiger partial charge in [0.05, 0.1) is 0 Å². The number of nitrogens with zero attached hydrogens (tertiary/aromatic N) is 2. The van der Waals surface area contributed by atoms with E-state index in [0.717, 1.165) is 0 Å². The van der Waals surface area contributed by atoms with Gasteiger partial charge in [-0.1, -0.05) is 245 Å². The molecule has 0 bridgehead atoms. The van der Waals surface area contributed by atoms with Gasteiger partial charge in [0, 0.05) is 34.1 Å². The number of benzene rings is 12. The Hall–Kier alpha value is -9.00. The van der Waals surface area contributed by atoms with E-state index in [1.54, 1.807) is 0 Å². The smallest absolute Gasteiger partial charge is 0.252 e. The molecule has 12 aromatic carbocycles. The molecule has 4 heterocycles. The average Bonchev–Trinajstić information content (AvgIpc) is 3.67. The molecule has 4 aliphatic rings. The molecule has 2 nitrogen and oxygen atoms in total. The predicted molar refractivity (Wildman–Crippen MR) is 347 cm³/mol. The quantitative estimate of drug-likeness (QED) is 0.153. The summed E-state index contributed by atoms with van der Waals surface area (Å²) < 4.78 is 0. The summed E-state index contributed by atoms with van der Waals surface area (Å²) in [7, 11) is -5.65. The van der Waals surface area contributed by atoms with Gasteiger partial charge in [-0.2, -0.15) is 0 Å². The number of hydrogen-bond donors (Lipinski definition) is 0. The number of aryl methyl sites for hydroxylation is 1. The minimum atomic E-state index is -2.83. The minimum absolute atomic E-state index is 0.0356. The third kappa shape index (κ3) is 6.53. The lowest BCUT2D eigenvalue weighted by molar-refractivity contribution is 0.591. The molecule has 0 radical (unpaired) electrons. The van der Waals surface area contributed by atoms with Crippen LogP contribution in [0.15, 0.2) is 273 Å². The van der Waals surface area contributed by atoms with Crippen molar-refractivity contribution in [3.05, 3.63) is 284 Å². The molecule has 4 aliphatic heterocycles. The van der Waals surface area contributed by atoms with Crippen LogP contribution in [0.3, 0.4) is 0 Å². The van der Waals surface area contributed by atoms with Gasteiger partial charge in [-0.05, 0) is 163 Å². The molecular weight excluding hydrogens is 996 g/mol. The second-order valence-electron chi connectivity index (χ2n) is 23.6. The van der Waals surface area contributed by atoms with Gasteiger partial charge >= 0.3 is 0 Å². The summed E-state index contributed by atoms with van der Waals surface area (Å²) in [6, 6.07) is 106. The Balaban J connectivity index is 0.986. The van der Waals surface area contributed by atoms with Gasteiger partial charge in [-0.3, -0.25) is 0 Å². The molecule has 0 atom stereocenters. The van der Waals surface area contributed by atoms with E-state index in [1.807, 2.05) is 0 Å². The third-order valence-electron chi connectivity index (χ3n) is 18.3. The van der Waals surface area contributed by atoms with Crippen LogP contribution in [0.5, 0.6) is 0 Å². The van der Waals surface area contributed by atoms with Gasteiger partial charge in [-0.15, -0.1) is 0 Å².